The normalized spacial score (nSPS) is 12.4. The van der Waals surface area contributed by atoms with Crippen LogP contribution in [0.4, 0.5) is 0 Å². The average Bonchev–Trinajstić information content (AvgIpc) is 2.95. The Bertz CT molecular complexity index is 771. The van der Waals surface area contributed by atoms with E-state index >= 15 is 0 Å². The fourth-order valence-corrected chi connectivity index (χ4v) is 3.23. The minimum absolute atomic E-state index is 0.190. The van der Waals surface area contributed by atoms with E-state index in [0.717, 1.165) is 30.7 Å². The number of rotatable bonds is 11. The predicted molar refractivity (Wildman–Crippen MR) is 109 cm³/mol. The molecule has 0 aliphatic carbocycles. The zero-order valence-electron chi connectivity index (χ0n) is 16.7. The highest BCUT2D eigenvalue weighted by Gasteiger charge is 2.21. The lowest BCUT2D eigenvalue weighted by Crippen LogP contribution is -2.28. The summed E-state index contributed by atoms with van der Waals surface area (Å²) in [6.07, 6.45) is 2.43. The number of halogens is 1. The van der Waals surface area contributed by atoms with Crippen LogP contribution in [0.2, 0.25) is 5.15 Å². The van der Waals surface area contributed by atoms with Gasteiger partial charge in [-0.1, -0.05) is 50.9 Å². The van der Waals surface area contributed by atoms with Gasteiger partial charge in [0.25, 0.3) is 0 Å². The maximum atomic E-state index is 11.4. The van der Waals surface area contributed by atoms with Crippen molar-refractivity contribution in [1.29, 1.82) is 0 Å². The van der Waals surface area contributed by atoms with E-state index in [1.807, 2.05) is 30.5 Å². The highest BCUT2D eigenvalue weighted by atomic mass is 35.5. The van der Waals surface area contributed by atoms with Crippen molar-refractivity contribution in [1.82, 2.24) is 9.55 Å². The summed E-state index contributed by atoms with van der Waals surface area (Å²) in [5.41, 5.74) is 1.48. The molecule has 0 aliphatic heterocycles. The van der Waals surface area contributed by atoms with Gasteiger partial charge in [-0.05, 0) is 36.5 Å². The molecule has 0 fully saturated rings. The minimum atomic E-state index is -0.958. The molecular weight excluding hydrogens is 380 g/mol. The standard InChI is InChI=1S/C21H29ClN2O4/c1-4-5-6-19-23-17(13-25)20(22)24(19)12-15-7-9-16(10-8-15)28-18(21(26)27)11-14(2)3/h7-10,14,18,25H,4-6,11-13H2,1-3H3,(H,26,27). The second kappa shape index (κ2) is 10.5. The Balaban J connectivity index is 2.14. The largest absolute Gasteiger partial charge is 0.479 e. The second-order valence-corrected chi connectivity index (χ2v) is 7.69. The molecule has 1 aromatic heterocycles. The van der Waals surface area contributed by atoms with Gasteiger partial charge in [0.15, 0.2) is 6.10 Å². The molecule has 0 amide bonds. The van der Waals surface area contributed by atoms with Gasteiger partial charge in [-0.2, -0.15) is 0 Å². The van der Waals surface area contributed by atoms with Gasteiger partial charge >= 0.3 is 5.97 Å². The third kappa shape index (κ3) is 5.97. The molecule has 2 rings (SSSR count). The summed E-state index contributed by atoms with van der Waals surface area (Å²) in [4.78, 5) is 15.8. The summed E-state index contributed by atoms with van der Waals surface area (Å²) in [6, 6.07) is 7.33. The Kier molecular flexibility index (Phi) is 8.33. The SMILES string of the molecule is CCCCc1nc(CO)c(Cl)n1Cc1ccc(OC(CC(C)C)C(=O)O)cc1. The van der Waals surface area contributed by atoms with Crippen LogP contribution >= 0.6 is 11.6 Å². The summed E-state index contributed by atoms with van der Waals surface area (Å²) < 4.78 is 7.55. The molecule has 0 aliphatic rings. The van der Waals surface area contributed by atoms with Crippen molar-refractivity contribution >= 4 is 17.6 Å². The molecule has 0 saturated heterocycles. The van der Waals surface area contributed by atoms with Crippen LogP contribution in [0.1, 0.15) is 57.1 Å². The number of aliphatic hydroxyl groups excluding tert-OH is 1. The van der Waals surface area contributed by atoms with Crippen molar-refractivity contribution in [2.75, 3.05) is 0 Å². The summed E-state index contributed by atoms with van der Waals surface area (Å²) in [5, 5.41) is 19.2. The number of hydrogen-bond donors (Lipinski definition) is 2. The van der Waals surface area contributed by atoms with Crippen LogP contribution < -0.4 is 4.74 Å². The summed E-state index contributed by atoms with van der Waals surface area (Å²) >= 11 is 6.39. The molecule has 7 heteroatoms. The van der Waals surface area contributed by atoms with Gasteiger partial charge in [0.1, 0.15) is 22.4 Å². The second-order valence-electron chi connectivity index (χ2n) is 7.33. The summed E-state index contributed by atoms with van der Waals surface area (Å²) in [7, 11) is 0. The lowest BCUT2D eigenvalue weighted by atomic mass is 10.1. The molecule has 0 spiro atoms. The van der Waals surface area contributed by atoms with Gasteiger partial charge in [0.2, 0.25) is 0 Å². The van der Waals surface area contributed by atoms with Gasteiger partial charge < -0.3 is 19.5 Å². The van der Waals surface area contributed by atoms with E-state index in [1.165, 1.54) is 0 Å². The molecule has 1 unspecified atom stereocenters. The third-order valence-corrected chi connectivity index (χ3v) is 4.88. The van der Waals surface area contributed by atoms with Crippen LogP contribution in [-0.2, 0) is 24.4 Å². The lowest BCUT2D eigenvalue weighted by molar-refractivity contribution is -0.145. The predicted octanol–water partition coefficient (Wildman–Crippen LogP) is 4.30. The molecule has 6 nitrogen and oxygen atoms in total. The van der Waals surface area contributed by atoms with Gasteiger partial charge in [-0.3, -0.25) is 0 Å². The number of benzene rings is 1. The number of nitrogens with zero attached hydrogens (tertiary/aromatic N) is 2. The maximum Gasteiger partial charge on any atom is 0.344 e. The number of carboxylic acids is 1. The maximum absolute atomic E-state index is 11.4. The molecule has 0 saturated carbocycles. The van der Waals surface area contributed by atoms with Crippen molar-refractivity contribution in [3.63, 3.8) is 0 Å². The number of imidazole rings is 1. The first-order chi connectivity index (χ1) is 13.3. The number of aryl methyl sites for hydroxylation is 1. The quantitative estimate of drug-likeness (QED) is 0.579. The molecule has 1 heterocycles. The zero-order chi connectivity index (χ0) is 20.7. The molecule has 0 radical (unpaired) electrons. The Morgan fingerprint density at radius 2 is 1.96 bits per heavy atom. The number of hydrogen-bond acceptors (Lipinski definition) is 4. The van der Waals surface area contributed by atoms with Crippen molar-refractivity contribution in [3.8, 4) is 5.75 Å². The molecule has 2 aromatic rings. The van der Waals surface area contributed by atoms with Gasteiger partial charge in [-0.15, -0.1) is 0 Å². The Morgan fingerprint density at radius 1 is 1.29 bits per heavy atom. The van der Waals surface area contributed by atoms with Crippen molar-refractivity contribution in [3.05, 3.63) is 46.5 Å². The van der Waals surface area contributed by atoms with Crippen LogP contribution in [0.3, 0.4) is 0 Å². The van der Waals surface area contributed by atoms with Crippen LogP contribution in [0.5, 0.6) is 5.75 Å². The van der Waals surface area contributed by atoms with Crippen LogP contribution in [0, 0.1) is 5.92 Å². The first-order valence-electron chi connectivity index (χ1n) is 9.68. The third-order valence-electron chi connectivity index (χ3n) is 4.46. The van der Waals surface area contributed by atoms with E-state index in [9.17, 15) is 15.0 Å². The lowest BCUT2D eigenvalue weighted by Gasteiger charge is -2.17. The molecule has 1 aromatic carbocycles. The first kappa shape index (κ1) is 22.2. The van der Waals surface area contributed by atoms with E-state index < -0.39 is 12.1 Å². The molecular formula is C21H29ClN2O4. The summed E-state index contributed by atoms with van der Waals surface area (Å²) in [5.74, 6) is 0.654. The van der Waals surface area contributed by atoms with E-state index in [-0.39, 0.29) is 12.5 Å². The van der Waals surface area contributed by atoms with Crippen molar-refractivity contribution in [2.45, 2.75) is 65.7 Å². The Morgan fingerprint density at radius 3 is 2.50 bits per heavy atom. The van der Waals surface area contributed by atoms with Crippen LogP contribution in [0.25, 0.3) is 0 Å². The Labute approximate surface area is 171 Å². The van der Waals surface area contributed by atoms with E-state index in [4.69, 9.17) is 16.3 Å². The molecule has 1 atom stereocenters. The molecule has 0 bridgehead atoms. The fraction of sp³-hybridized carbons (Fsp3) is 0.524. The highest BCUT2D eigenvalue weighted by Crippen LogP contribution is 2.23. The van der Waals surface area contributed by atoms with Gasteiger partial charge in [0.05, 0.1) is 13.2 Å². The molecule has 2 N–H and O–H groups in total. The van der Waals surface area contributed by atoms with Crippen LogP contribution in [0.15, 0.2) is 24.3 Å². The first-order valence-corrected chi connectivity index (χ1v) is 10.1. The number of aliphatic hydroxyl groups is 1. The smallest absolute Gasteiger partial charge is 0.344 e. The van der Waals surface area contributed by atoms with E-state index in [0.29, 0.717) is 29.6 Å². The number of aliphatic carboxylic acids is 1. The fourth-order valence-electron chi connectivity index (χ4n) is 2.97. The topological polar surface area (TPSA) is 84.6 Å². The van der Waals surface area contributed by atoms with Crippen LogP contribution in [-0.4, -0.2) is 31.8 Å². The summed E-state index contributed by atoms with van der Waals surface area (Å²) in [6.45, 7) is 6.38. The molecule has 28 heavy (non-hydrogen) atoms. The number of unbranched alkanes of at least 4 members (excludes halogenated alkanes) is 1. The Hall–Kier alpha value is -2.05. The zero-order valence-corrected chi connectivity index (χ0v) is 17.4. The van der Waals surface area contributed by atoms with Crippen molar-refractivity contribution in [2.24, 2.45) is 5.92 Å². The van der Waals surface area contributed by atoms with Gasteiger partial charge in [0, 0.05) is 6.42 Å². The molecule has 154 valence electrons. The number of carboxylic acid groups (broad SMARTS) is 1. The van der Waals surface area contributed by atoms with E-state index in [2.05, 4.69) is 11.9 Å². The number of carbonyl (C=O) groups is 1. The van der Waals surface area contributed by atoms with E-state index in [1.54, 1.807) is 12.1 Å². The van der Waals surface area contributed by atoms with Gasteiger partial charge in [-0.25, -0.2) is 9.78 Å². The monoisotopic (exact) mass is 408 g/mol. The number of aromatic nitrogens is 2. The highest BCUT2D eigenvalue weighted by molar-refractivity contribution is 6.30. The minimum Gasteiger partial charge on any atom is -0.479 e. The number of ether oxygens (including phenoxy) is 1. The van der Waals surface area contributed by atoms with Crippen molar-refractivity contribution < 1.29 is 19.7 Å². The average molecular weight is 409 g/mol.